The van der Waals surface area contributed by atoms with Gasteiger partial charge in [-0.05, 0) is 41.5 Å². The summed E-state index contributed by atoms with van der Waals surface area (Å²) in [6, 6.07) is 14.4. The number of ether oxygens (including phenoxy) is 2. The van der Waals surface area contributed by atoms with Gasteiger partial charge in [0, 0.05) is 29.8 Å². The Morgan fingerprint density at radius 2 is 1.75 bits per heavy atom. The molecule has 4 rings (SSSR count). The first kappa shape index (κ1) is 21.0. The maximum Gasteiger partial charge on any atom is 0.275 e. The number of hydrogen-bond acceptors (Lipinski definition) is 5. The molecule has 0 fully saturated rings. The number of methoxy groups -OCH3 is 2. The third-order valence-corrected chi connectivity index (χ3v) is 5.00. The maximum absolute atomic E-state index is 13.5. The highest BCUT2D eigenvalue weighted by Gasteiger charge is 2.19. The van der Waals surface area contributed by atoms with Crippen molar-refractivity contribution in [1.82, 2.24) is 15.3 Å². The van der Waals surface area contributed by atoms with Gasteiger partial charge in [0.25, 0.3) is 11.5 Å². The number of halogens is 1. The van der Waals surface area contributed by atoms with Gasteiger partial charge in [-0.3, -0.25) is 14.6 Å². The van der Waals surface area contributed by atoms with Crippen LogP contribution in [0.25, 0.3) is 22.0 Å². The zero-order valence-electron chi connectivity index (χ0n) is 17.4. The fourth-order valence-electron chi connectivity index (χ4n) is 3.48. The number of nitrogens with zero attached hydrogens (tertiary/aromatic N) is 1. The SMILES string of the molecule is COc1cc(CNC(=O)c2[nH]c(=O)c3ncccc3c2-c2ccc(F)cc2)cc(OC)c1. The Morgan fingerprint density at radius 3 is 2.41 bits per heavy atom. The summed E-state index contributed by atoms with van der Waals surface area (Å²) in [6.07, 6.45) is 1.50. The standard InChI is InChI=1S/C24H20FN3O4/c1-31-17-10-14(11-18(12-17)32-2)13-27-23(29)22-20(15-5-7-16(25)8-6-15)19-4-3-9-26-21(19)24(30)28-22/h3-12H,13H2,1-2H3,(H,27,29)(H,28,30). The zero-order chi connectivity index (χ0) is 22.7. The number of pyridine rings is 2. The lowest BCUT2D eigenvalue weighted by Gasteiger charge is -2.14. The summed E-state index contributed by atoms with van der Waals surface area (Å²) in [4.78, 5) is 32.5. The number of aromatic amines is 1. The fraction of sp³-hybridized carbons (Fsp3) is 0.125. The predicted molar refractivity (Wildman–Crippen MR) is 118 cm³/mol. The van der Waals surface area contributed by atoms with E-state index in [9.17, 15) is 14.0 Å². The number of rotatable bonds is 6. The van der Waals surface area contributed by atoms with Crippen molar-refractivity contribution in [2.75, 3.05) is 14.2 Å². The summed E-state index contributed by atoms with van der Waals surface area (Å²) in [5, 5.41) is 3.31. The molecule has 1 amide bonds. The van der Waals surface area contributed by atoms with E-state index in [1.165, 1.54) is 18.3 Å². The summed E-state index contributed by atoms with van der Waals surface area (Å²) in [5.74, 6) is 0.282. The molecule has 8 heteroatoms. The van der Waals surface area contributed by atoms with Crippen molar-refractivity contribution in [3.05, 3.63) is 88.2 Å². The lowest BCUT2D eigenvalue weighted by Crippen LogP contribution is -2.27. The van der Waals surface area contributed by atoms with Crippen LogP contribution in [0, 0.1) is 5.82 Å². The Balaban J connectivity index is 1.75. The van der Waals surface area contributed by atoms with Crippen molar-refractivity contribution in [2.24, 2.45) is 0 Å². The number of nitrogens with one attached hydrogen (secondary N) is 2. The number of aromatic nitrogens is 2. The lowest BCUT2D eigenvalue weighted by molar-refractivity contribution is 0.0946. The summed E-state index contributed by atoms with van der Waals surface area (Å²) < 4.78 is 24.0. The van der Waals surface area contributed by atoms with E-state index in [1.54, 1.807) is 56.7 Å². The number of amides is 1. The van der Waals surface area contributed by atoms with E-state index >= 15 is 0 Å². The van der Waals surface area contributed by atoms with Crippen LogP contribution in [-0.2, 0) is 6.54 Å². The molecule has 0 radical (unpaired) electrons. The second-order valence-corrected chi connectivity index (χ2v) is 7.01. The van der Waals surface area contributed by atoms with Gasteiger partial charge in [-0.2, -0.15) is 0 Å². The number of H-pyrrole nitrogens is 1. The molecule has 0 saturated heterocycles. The van der Waals surface area contributed by atoms with Crippen LogP contribution in [0.1, 0.15) is 16.1 Å². The molecule has 162 valence electrons. The number of hydrogen-bond donors (Lipinski definition) is 2. The second-order valence-electron chi connectivity index (χ2n) is 7.01. The van der Waals surface area contributed by atoms with E-state index in [2.05, 4.69) is 15.3 Å². The highest BCUT2D eigenvalue weighted by atomic mass is 19.1. The summed E-state index contributed by atoms with van der Waals surface area (Å²) >= 11 is 0. The number of benzene rings is 2. The molecule has 2 N–H and O–H groups in total. The Kier molecular flexibility index (Phi) is 5.85. The predicted octanol–water partition coefficient (Wildman–Crippen LogP) is 3.68. The van der Waals surface area contributed by atoms with Crippen molar-refractivity contribution in [3.8, 4) is 22.6 Å². The molecule has 0 spiro atoms. The smallest absolute Gasteiger partial charge is 0.275 e. The van der Waals surface area contributed by atoms with Crippen molar-refractivity contribution in [1.29, 1.82) is 0 Å². The van der Waals surface area contributed by atoms with E-state index < -0.39 is 17.3 Å². The first-order chi connectivity index (χ1) is 15.5. The van der Waals surface area contributed by atoms with Crippen LogP contribution in [-0.4, -0.2) is 30.1 Å². The lowest BCUT2D eigenvalue weighted by atomic mass is 9.98. The Bertz CT molecular complexity index is 1330. The Labute approximate surface area is 182 Å². The molecule has 7 nitrogen and oxygen atoms in total. The van der Waals surface area contributed by atoms with E-state index in [4.69, 9.17) is 9.47 Å². The summed E-state index contributed by atoms with van der Waals surface area (Å²) in [7, 11) is 3.08. The molecular weight excluding hydrogens is 413 g/mol. The molecule has 4 aromatic rings. The molecule has 32 heavy (non-hydrogen) atoms. The van der Waals surface area contributed by atoms with Crippen molar-refractivity contribution >= 4 is 16.8 Å². The van der Waals surface area contributed by atoms with Crippen LogP contribution in [0.2, 0.25) is 0 Å². The molecule has 0 unspecified atom stereocenters. The average molecular weight is 433 g/mol. The van der Waals surface area contributed by atoms with E-state index in [1.807, 2.05) is 0 Å². The van der Waals surface area contributed by atoms with Gasteiger partial charge in [-0.1, -0.05) is 18.2 Å². The van der Waals surface area contributed by atoms with Crippen LogP contribution >= 0.6 is 0 Å². The Morgan fingerprint density at radius 1 is 1.06 bits per heavy atom. The fourth-order valence-corrected chi connectivity index (χ4v) is 3.48. The first-order valence-corrected chi connectivity index (χ1v) is 9.77. The van der Waals surface area contributed by atoms with Gasteiger partial charge < -0.3 is 19.8 Å². The van der Waals surface area contributed by atoms with Crippen LogP contribution in [0.3, 0.4) is 0 Å². The third-order valence-electron chi connectivity index (χ3n) is 5.00. The van der Waals surface area contributed by atoms with Crippen molar-refractivity contribution < 1.29 is 18.7 Å². The van der Waals surface area contributed by atoms with E-state index in [0.29, 0.717) is 28.0 Å². The minimum absolute atomic E-state index is 0.0666. The van der Waals surface area contributed by atoms with Gasteiger partial charge in [-0.15, -0.1) is 0 Å². The topological polar surface area (TPSA) is 93.3 Å². The zero-order valence-corrected chi connectivity index (χ0v) is 17.4. The van der Waals surface area contributed by atoms with Gasteiger partial charge in [0.15, 0.2) is 0 Å². The normalized spacial score (nSPS) is 10.7. The maximum atomic E-state index is 13.5. The van der Waals surface area contributed by atoms with Crippen molar-refractivity contribution in [2.45, 2.75) is 6.54 Å². The quantitative estimate of drug-likeness (QED) is 0.484. The second kappa shape index (κ2) is 8.89. The molecule has 0 aliphatic carbocycles. The molecule has 2 heterocycles. The molecule has 0 aliphatic heterocycles. The van der Waals surface area contributed by atoms with E-state index in [0.717, 1.165) is 5.56 Å². The largest absolute Gasteiger partial charge is 0.497 e. The monoisotopic (exact) mass is 433 g/mol. The Hall–Kier alpha value is -4.20. The van der Waals surface area contributed by atoms with Crippen LogP contribution in [0.15, 0.2) is 65.6 Å². The molecule has 2 aromatic carbocycles. The number of carbonyl (C=O) groups excluding carboxylic acids is 1. The van der Waals surface area contributed by atoms with Crippen LogP contribution in [0.4, 0.5) is 4.39 Å². The molecule has 2 aromatic heterocycles. The molecule has 0 atom stereocenters. The van der Waals surface area contributed by atoms with Gasteiger partial charge in [-0.25, -0.2) is 4.39 Å². The molecule has 0 aliphatic rings. The number of fused-ring (bicyclic) bond motifs is 1. The highest BCUT2D eigenvalue weighted by molar-refractivity contribution is 6.07. The van der Waals surface area contributed by atoms with Gasteiger partial charge in [0.2, 0.25) is 0 Å². The van der Waals surface area contributed by atoms with Crippen molar-refractivity contribution in [3.63, 3.8) is 0 Å². The molecule has 0 saturated carbocycles. The molecule has 0 bridgehead atoms. The average Bonchev–Trinajstić information content (AvgIpc) is 2.83. The third kappa shape index (κ3) is 4.15. The first-order valence-electron chi connectivity index (χ1n) is 9.77. The van der Waals surface area contributed by atoms with Gasteiger partial charge in [0.05, 0.1) is 14.2 Å². The number of carbonyl (C=O) groups is 1. The summed E-state index contributed by atoms with van der Waals surface area (Å²) in [5.41, 5.74) is 1.57. The van der Waals surface area contributed by atoms with Crippen LogP contribution in [0.5, 0.6) is 11.5 Å². The van der Waals surface area contributed by atoms with E-state index in [-0.39, 0.29) is 17.8 Å². The summed E-state index contributed by atoms with van der Waals surface area (Å²) in [6.45, 7) is 0.169. The van der Waals surface area contributed by atoms with Crippen LogP contribution < -0.4 is 20.3 Å². The highest BCUT2D eigenvalue weighted by Crippen LogP contribution is 2.29. The minimum atomic E-state index is -0.492. The molecular formula is C24H20FN3O4. The van der Waals surface area contributed by atoms with Gasteiger partial charge >= 0.3 is 0 Å². The van der Waals surface area contributed by atoms with Gasteiger partial charge in [0.1, 0.15) is 28.5 Å². The minimum Gasteiger partial charge on any atom is -0.497 e.